The molecule has 0 spiro atoms. The second-order valence-electron chi connectivity index (χ2n) is 4.82. The van der Waals surface area contributed by atoms with Gasteiger partial charge in [0, 0.05) is 33.7 Å². The average Bonchev–Trinajstić information content (AvgIpc) is 2.49. The SMILES string of the molecule is Cc1ccccc1C(=O)NCCSCc1c(Cl)cccc1Cl. The van der Waals surface area contributed by atoms with Gasteiger partial charge in [0.15, 0.2) is 0 Å². The molecule has 0 unspecified atom stereocenters. The van der Waals surface area contributed by atoms with Crippen LogP contribution in [0.2, 0.25) is 10.0 Å². The Morgan fingerprint density at radius 2 is 1.77 bits per heavy atom. The van der Waals surface area contributed by atoms with Crippen molar-refractivity contribution in [3.63, 3.8) is 0 Å². The molecule has 1 N–H and O–H groups in total. The molecule has 0 radical (unpaired) electrons. The van der Waals surface area contributed by atoms with Gasteiger partial charge in [-0.2, -0.15) is 11.8 Å². The van der Waals surface area contributed by atoms with Gasteiger partial charge in [0.2, 0.25) is 0 Å². The van der Waals surface area contributed by atoms with Crippen LogP contribution in [-0.4, -0.2) is 18.2 Å². The predicted molar refractivity (Wildman–Crippen MR) is 96.1 cm³/mol. The van der Waals surface area contributed by atoms with Gasteiger partial charge >= 0.3 is 0 Å². The van der Waals surface area contributed by atoms with E-state index in [9.17, 15) is 4.79 Å². The van der Waals surface area contributed by atoms with E-state index in [1.807, 2.05) is 49.4 Å². The summed E-state index contributed by atoms with van der Waals surface area (Å²) in [5.74, 6) is 1.51. The van der Waals surface area contributed by atoms with Gasteiger partial charge in [-0.05, 0) is 36.2 Å². The highest BCUT2D eigenvalue weighted by atomic mass is 35.5. The molecule has 22 heavy (non-hydrogen) atoms. The van der Waals surface area contributed by atoms with Crippen molar-refractivity contribution in [2.75, 3.05) is 12.3 Å². The molecule has 0 aliphatic rings. The van der Waals surface area contributed by atoms with Crippen LogP contribution in [-0.2, 0) is 5.75 Å². The highest BCUT2D eigenvalue weighted by molar-refractivity contribution is 7.98. The van der Waals surface area contributed by atoms with Crippen LogP contribution in [0.4, 0.5) is 0 Å². The number of aryl methyl sites for hydroxylation is 1. The lowest BCUT2D eigenvalue weighted by Gasteiger charge is -2.09. The van der Waals surface area contributed by atoms with E-state index >= 15 is 0 Å². The van der Waals surface area contributed by atoms with Gasteiger partial charge < -0.3 is 5.32 Å². The molecule has 0 fully saturated rings. The number of carbonyl (C=O) groups excluding carboxylic acids is 1. The third-order valence-electron chi connectivity index (χ3n) is 3.23. The molecule has 2 nitrogen and oxygen atoms in total. The maximum atomic E-state index is 12.0. The number of rotatable bonds is 6. The van der Waals surface area contributed by atoms with E-state index in [0.29, 0.717) is 16.6 Å². The Labute approximate surface area is 145 Å². The van der Waals surface area contributed by atoms with E-state index < -0.39 is 0 Å². The molecule has 2 rings (SSSR count). The summed E-state index contributed by atoms with van der Waals surface area (Å²) in [4.78, 5) is 12.0. The molecule has 116 valence electrons. The van der Waals surface area contributed by atoms with Crippen molar-refractivity contribution in [1.29, 1.82) is 0 Å². The summed E-state index contributed by atoms with van der Waals surface area (Å²) in [6, 6.07) is 13.1. The maximum Gasteiger partial charge on any atom is 0.251 e. The van der Waals surface area contributed by atoms with Gasteiger partial charge in [-0.1, -0.05) is 47.5 Å². The Kier molecular flexibility index (Phi) is 6.62. The summed E-state index contributed by atoms with van der Waals surface area (Å²) in [5, 5.41) is 4.30. The molecule has 0 atom stereocenters. The van der Waals surface area contributed by atoms with Crippen LogP contribution in [0.25, 0.3) is 0 Å². The maximum absolute atomic E-state index is 12.0. The molecule has 0 bridgehead atoms. The Bertz CT molecular complexity index is 641. The minimum Gasteiger partial charge on any atom is -0.351 e. The van der Waals surface area contributed by atoms with Gasteiger partial charge in [0.1, 0.15) is 0 Å². The number of halogens is 2. The second-order valence-corrected chi connectivity index (χ2v) is 6.74. The van der Waals surface area contributed by atoms with E-state index in [1.54, 1.807) is 11.8 Å². The highest BCUT2D eigenvalue weighted by Crippen LogP contribution is 2.27. The highest BCUT2D eigenvalue weighted by Gasteiger charge is 2.08. The van der Waals surface area contributed by atoms with Gasteiger partial charge in [0.25, 0.3) is 5.91 Å². The van der Waals surface area contributed by atoms with Gasteiger partial charge in [0.05, 0.1) is 0 Å². The minimum absolute atomic E-state index is 0.0329. The first kappa shape index (κ1) is 17.2. The van der Waals surface area contributed by atoms with Crippen LogP contribution in [0.15, 0.2) is 42.5 Å². The molecule has 0 aromatic heterocycles. The van der Waals surface area contributed by atoms with Crippen molar-refractivity contribution in [2.24, 2.45) is 0 Å². The summed E-state index contributed by atoms with van der Waals surface area (Å²) in [6.45, 7) is 2.54. The minimum atomic E-state index is -0.0329. The molecule has 0 heterocycles. The van der Waals surface area contributed by atoms with Crippen LogP contribution in [0.3, 0.4) is 0 Å². The zero-order valence-corrected chi connectivity index (χ0v) is 14.6. The molecule has 0 saturated heterocycles. The molecule has 1 amide bonds. The number of nitrogens with one attached hydrogen (secondary N) is 1. The number of carbonyl (C=O) groups is 1. The molecule has 2 aromatic rings. The monoisotopic (exact) mass is 353 g/mol. The van der Waals surface area contributed by atoms with E-state index in [4.69, 9.17) is 23.2 Å². The first-order chi connectivity index (χ1) is 10.6. The average molecular weight is 354 g/mol. The summed E-state index contributed by atoms with van der Waals surface area (Å²) < 4.78 is 0. The van der Waals surface area contributed by atoms with Crippen LogP contribution in [0.5, 0.6) is 0 Å². The molecule has 0 aliphatic heterocycles. The van der Waals surface area contributed by atoms with Crippen molar-refractivity contribution in [2.45, 2.75) is 12.7 Å². The Balaban J connectivity index is 1.76. The quantitative estimate of drug-likeness (QED) is 0.743. The van der Waals surface area contributed by atoms with Crippen LogP contribution >= 0.6 is 35.0 Å². The lowest BCUT2D eigenvalue weighted by atomic mass is 10.1. The number of hydrogen-bond acceptors (Lipinski definition) is 2. The zero-order valence-electron chi connectivity index (χ0n) is 12.2. The lowest BCUT2D eigenvalue weighted by Crippen LogP contribution is -2.26. The smallest absolute Gasteiger partial charge is 0.251 e. The molecular formula is C17H17Cl2NOS. The first-order valence-corrected chi connectivity index (χ1v) is 8.85. The molecule has 2 aromatic carbocycles. The van der Waals surface area contributed by atoms with Gasteiger partial charge in [-0.3, -0.25) is 4.79 Å². The van der Waals surface area contributed by atoms with Crippen LogP contribution < -0.4 is 5.32 Å². The Hall–Kier alpha value is -1.16. The Morgan fingerprint density at radius 3 is 2.45 bits per heavy atom. The molecule has 0 saturated carbocycles. The normalized spacial score (nSPS) is 10.5. The van der Waals surface area contributed by atoms with Crippen molar-refractivity contribution < 1.29 is 4.79 Å². The van der Waals surface area contributed by atoms with E-state index in [0.717, 1.165) is 28.2 Å². The summed E-state index contributed by atoms with van der Waals surface area (Å²) in [7, 11) is 0. The Morgan fingerprint density at radius 1 is 1.09 bits per heavy atom. The first-order valence-electron chi connectivity index (χ1n) is 6.94. The molecule has 0 aliphatic carbocycles. The fourth-order valence-electron chi connectivity index (χ4n) is 2.00. The third kappa shape index (κ3) is 4.67. The fraction of sp³-hybridized carbons (Fsp3) is 0.235. The summed E-state index contributed by atoms with van der Waals surface area (Å²) in [5.41, 5.74) is 2.65. The topological polar surface area (TPSA) is 29.1 Å². The van der Waals surface area contributed by atoms with Gasteiger partial charge in [-0.15, -0.1) is 0 Å². The van der Waals surface area contributed by atoms with Crippen molar-refractivity contribution in [3.05, 3.63) is 69.2 Å². The van der Waals surface area contributed by atoms with Gasteiger partial charge in [-0.25, -0.2) is 0 Å². The van der Waals surface area contributed by atoms with E-state index in [-0.39, 0.29) is 5.91 Å². The van der Waals surface area contributed by atoms with Crippen LogP contribution in [0.1, 0.15) is 21.5 Å². The number of amides is 1. The standard InChI is InChI=1S/C17H17Cl2NOS/c1-12-5-2-3-6-13(12)17(21)20-9-10-22-11-14-15(18)7-4-8-16(14)19/h2-8H,9-11H2,1H3,(H,20,21). The van der Waals surface area contributed by atoms with Crippen LogP contribution in [0, 0.1) is 6.92 Å². The number of thioether (sulfide) groups is 1. The largest absolute Gasteiger partial charge is 0.351 e. The van der Waals surface area contributed by atoms with Crippen molar-refractivity contribution in [1.82, 2.24) is 5.32 Å². The second kappa shape index (κ2) is 8.47. The van der Waals surface area contributed by atoms with Crippen molar-refractivity contribution >= 4 is 40.9 Å². The molecular weight excluding hydrogens is 337 g/mol. The third-order valence-corrected chi connectivity index (χ3v) is 4.92. The van der Waals surface area contributed by atoms with Crippen molar-refractivity contribution in [3.8, 4) is 0 Å². The number of hydrogen-bond donors (Lipinski definition) is 1. The zero-order chi connectivity index (χ0) is 15.9. The lowest BCUT2D eigenvalue weighted by molar-refractivity contribution is 0.0955. The fourth-order valence-corrected chi connectivity index (χ4v) is 3.60. The molecule has 5 heteroatoms. The number of benzene rings is 2. The van der Waals surface area contributed by atoms with E-state index in [2.05, 4.69) is 5.32 Å². The summed E-state index contributed by atoms with van der Waals surface area (Å²) in [6.07, 6.45) is 0. The van der Waals surface area contributed by atoms with E-state index in [1.165, 1.54) is 0 Å². The predicted octanol–water partition coefficient (Wildman–Crippen LogP) is 4.97. The summed E-state index contributed by atoms with van der Waals surface area (Å²) >= 11 is 13.9.